The summed E-state index contributed by atoms with van der Waals surface area (Å²) in [6.07, 6.45) is -15.2. The zero-order valence-electron chi connectivity index (χ0n) is 23.4. The Morgan fingerprint density at radius 2 is 1.55 bits per heavy atom. The number of rotatable bonds is 6. The van der Waals surface area contributed by atoms with Crippen LogP contribution >= 0.6 is 0 Å². The van der Waals surface area contributed by atoms with Crippen molar-refractivity contribution >= 4 is 23.4 Å². The monoisotopic (exact) mass is 635 g/mol. The Labute approximate surface area is 245 Å². The minimum absolute atomic E-state index is 0.0214. The Bertz CT molecular complexity index is 1510. The number of carboxylic acid groups (broad SMARTS) is 1. The van der Waals surface area contributed by atoms with Gasteiger partial charge in [0.25, 0.3) is 0 Å². The molecule has 0 radical (unpaired) electrons. The summed E-state index contributed by atoms with van der Waals surface area (Å²) in [4.78, 5) is 23.2. The zero-order chi connectivity index (χ0) is 32.8. The molecule has 0 fully saturated rings. The second-order valence-electron chi connectivity index (χ2n) is 10.4. The number of carbonyl (C=O) groups is 1. The highest BCUT2D eigenvalue weighted by atomic mass is 19.4. The largest absolute Gasteiger partial charge is 0.465 e. The molecule has 2 N–H and O–H groups in total. The summed E-state index contributed by atoms with van der Waals surface area (Å²) in [5.74, 6) is -0.141. The predicted octanol–water partition coefficient (Wildman–Crippen LogP) is 7.49. The van der Waals surface area contributed by atoms with E-state index in [1.165, 1.54) is 11.1 Å². The molecule has 3 aromatic rings. The Morgan fingerprint density at radius 1 is 0.955 bits per heavy atom. The number of amides is 1. The van der Waals surface area contributed by atoms with Crippen LogP contribution < -0.4 is 15.1 Å². The van der Waals surface area contributed by atoms with Crippen molar-refractivity contribution in [1.82, 2.24) is 9.97 Å². The molecule has 16 heteroatoms. The van der Waals surface area contributed by atoms with Crippen LogP contribution in [0.15, 0.2) is 42.6 Å². The van der Waals surface area contributed by atoms with Gasteiger partial charge < -0.3 is 15.3 Å². The van der Waals surface area contributed by atoms with Gasteiger partial charge in [0.05, 0.1) is 52.0 Å². The fourth-order valence-corrected chi connectivity index (χ4v) is 5.22. The van der Waals surface area contributed by atoms with Gasteiger partial charge in [-0.2, -0.15) is 39.5 Å². The van der Waals surface area contributed by atoms with Gasteiger partial charge in [-0.15, -0.1) is 0 Å². The van der Waals surface area contributed by atoms with Crippen molar-refractivity contribution in [1.29, 1.82) is 0 Å². The fourth-order valence-electron chi connectivity index (χ4n) is 5.22. The van der Waals surface area contributed by atoms with E-state index < -0.39 is 59.8 Å². The molecule has 4 rings (SSSR count). The van der Waals surface area contributed by atoms with Crippen molar-refractivity contribution in [3.05, 3.63) is 76.1 Å². The molecular formula is C28H26F9N5O2. The second kappa shape index (κ2) is 11.7. The van der Waals surface area contributed by atoms with Crippen LogP contribution in [0, 0.1) is 0 Å². The van der Waals surface area contributed by atoms with Crippen LogP contribution in [0.2, 0.25) is 0 Å². The summed E-state index contributed by atoms with van der Waals surface area (Å²) in [5, 5.41) is 12.9. The van der Waals surface area contributed by atoms with Crippen molar-refractivity contribution in [3.63, 3.8) is 0 Å². The van der Waals surface area contributed by atoms with E-state index in [2.05, 4.69) is 15.3 Å². The lowest BCUT2D eigenvalue weighted by Crippen LogP contribution is -2.53. The summed E-state index contributed by atoms with van der Waals surface area (Å²) < 4.78 is 121. The van der Waals surface area contributed by atoms with Crippen molar-refractivity contribution in [2.24, 2.45) is 0 Å². The number of hydrogen-bond acceptors (Lipinski definition) is 5. The average molecular weight is 636 g/mol. The van der Waals surface area contributed by atoms with E-state index in [1.807, 2.05) is 0 Å². The highest BCUT2D eigenvalue weighted by molar-refractivity contribution is 5.89. The number of halogens is 9. The van der Waals surface area contributed by atoms with E-state index in [1.54, 1.807) is 21.0 Å². The standard InChI is InChI=1S/C28H26F9N5O2/c1-4-21-20(11-15-10-16(26(29,30)31)5-6-22(15)42(21)25(43)44)40-24-38-13-23(41(2)3)19(39-24)9-14-7-17(27(32,33)34)12-18(8-14)28(35,36)37/h5-8,10,12-13,20-21H,4,9,11H2,1-3H3,(H,43,44)(H,38,39,40). The maximum Gasteiger partial charge on any atom is 0.416 e. The van der Waals surface area contributed by atoms with E-state index in [-0.39, 0.29) is 53.1 Å². The van der Waals surface area contributed by atoms with Gasteiger partial charge in [0, 0.05) is 20.5 Å². The molecule has 2 heterocycles. The SMILES string of the molecule is CCC1C(Nc2ncc(N(C)C)c(Cc3cc(C(F)(F)F)cc(C(F)(F)F)c3)n2)Cc2cc(C(F)(F)F)ccc2N1C(=O)O. The van der Waals surface area contributed by atoms with Gasteiger partial charge in [-0.1, -0.05) is 6.92 Å². The molecule has 1 aromatic heterocycles. The zero-order valence-corrected chi connectivity index (χ0v) is 23.4. The third-order valence-electron chi connectivity index (χ3n) is 7.19. The highest BCUT2D eigenvalue weighted by Gasteiger charge is 2.40. The van der Waals surface area contributed by atoms with E-state index in [4.69, 9.17) is 0 Å². The van der Waals surface area contributed by atoms with Gasteiger partial charge in [-0.3, -0.25) is 4.90 Å². The number of benzene rings is 2. The first kappa shape index (κ1) is 32.7. The molecule has 1 aliphatic heterocycles. The Hall–Kier alpha value is -4.24. The average Bonchev–Trinajstić information content (AvgIpc) is 2.90. The Kier molecular flexibility index (Phi) is 8.68. The van der Waals surface area contributed by atoms with E-state index in [9.17, 15) is 49.4 Å². The first-order valence-corrected chi connectivity index (χ1v) is 13.1. The summed E-state index contributed by atoms with van der Waals surface area (Å²) >= 11 is 0. The van der Waals surface area contributed by atoms with Crippen molar-refractivity contribution in [2.75, 3.05) is 29.2 Å². The lowest BCUT2D eigenvalue weighted by atomic mass is 9.89. The summed E-state index contributed by atoms with van der Waals surface area (Å²) in [6.45, 7) is 1.68. The lowest BCUT2D eigenvalue weighted by Gasteiger charge is -2.41. The lowest BCUT2D eigenvalue weighted by molar-refractivity contribution is -0.143. The molecule has 1 aliphatic rings. The third kappa shape index (κ3) is 6.94. The molecule has 0 bridgehead atoms. The number of hydrogen-bond donors (Lipinski definition) is 2. The molecule has 0 saturated carbocycles. The van der Waals surface area contributed by atoms with Crippen molar-refractivity contribution < 1.29 is 49.4 Å². The number of nitrogens with one attached hydrogen (secondary N) is 1. The summed E-state index contributed by atoms with van der Waals surface area (Å²) in [7, 11) is 3.13. The third-order valence-corrected chi connectivity index (χ3v) is 7.19. The normalized spacial score (nSPS) is 17.3. The molecule has 1 amide bonds. The van der Waals surface area contributed by atoms with Crippen LogP contribution in [0.1, 0.15) is 46.9 Å². The number of anilines is 3. The second-order valence-corrected chi connectivity index (χ2v) is 10.4. The molecule has 7 nitrogen and oxygen atoms in total. The van der Waals surface area contributed by atoms with Crippen LogP contribution in [0.3, 0.4) is 0 Å². The molecule has 0 aliphatic carbocycles. The number of aromatic nitrogens is 2. The molecular weight excluding hydrogens is 609 g/mol. The predicted molar refractivity (Wildman–Crippen MR) is 143 cm³/mol. The van der Waals surface area contributed by atoms with Crippen LogP contribution in [0.4, 0.5) is 61.6 Å². The van der Waals surface area contributed by atoms with Crippen LogP contribution in [0.5, 0.6) is 0 Å². The smallest absolute Gasteiger partial charge is 0.416 e. The minimum atomic E-state index is -5.05. The molecule has 2 aromatic carbocycles. The van der Waals surface area contributed by atoms with Gasteiger partial charge in [0.1, 0.15) is 0 Å². The molecule has 0 spiro atoms. The maximum absolute atomic E-state index is 13.4. The van der Waals surface area contributed by atoms with Crippen molar-refractivity contribution in [3.8, 4) is 0 Å². The van der Waals surface area contributed by atoms with Gasteiger partial charge in [-0.05, 0) is 60.4 Å². The van der Waals surface area contributed by atoms with E-state index in [0.717, 1.165) is 23.1 Å². The maximum atomic E-state index is 13.4. The van der Waals surface area contributed by atoms with E-state index in [0.29, 0.717) is 12.1 Å². The van der Waals surface area contributed by atoms with Crippen LogP contribution in [0.25, 0.3) is 0 Å². The first-order valence-electron chi connectivity index (χ1n) is 13.1. The molecule has 0 saturated heterocycles. The van der Waals surface area contributed by atoms with Gasteiger partial charge in [-0.25, -0.2) is 14.8 Å². The van der Waals surface area contributed by atoms with Crippen LogP contribution in [-0.4, -0.2) is 47.3 Å². The summed E-state index contributed by atoms with van der Waals surface area (Å²) in [6, 6.07) is 2.34. The first-order chi connectivity index (χ1) is 20.3. The Balaban J connectivity index is 1.74. The van der Waals surface area contributed by atoms with E-state index >= 15 is 0 Å². The van der Waals surface area contributed by atoms with Crippen molar-refractivity contribution in [2.45, 2.75) is 56.8 Å². The Morgan fingerprint density at radius 3 is 2.05 bits per heavy atom. The van der Waals surface area contributed by atoms with Crippen LogP contribution in [-0.2, 0) is 31.4 Å². The number of alkyl halides is 9. The number of fused-ring (bicyclic) bond motifs is 1. The number of nitrogens with zero attached hydrogens (tertiary/aromatic N) is 4. The van der Waals surface area contributed by atoms with Gasteiger partial charge in [0.2, 0.25) is 5.95 Å². The molecule has 2 unspecified atom stereocenters. The molecule has 238 valence electrons. The highest BCUT2D eigenvalue weighted by Crippen LogP contribution is 2.39. The molecule has 44 heavy (non-hydrogen) atoms. The topological polar surface area (TPSA) is 81.6 Å². The fraction of sp³-hybridized carbons (Fsp3) is 0.393. The minimum Gasteiger partial charge on any atom is -0.465 e. The van der Waals surface area contributed by atoms with Gasteiger partial charge in [0.15, 0.2) is 0 Å². The quantitative estimate of drug-likeness (QED) is 0.273. The van der Waals surface area contributed by atoms with Gasteiger partial charge >= 0.3 is 24.6 Å². The summed E-state index contributed by atoms with van der Waals surface area (Å²) in [5.41, 5.74) is -3.75. The molecule has 2 atom stereocenters.